The molecule has 1 amide bonds. The second kappa shape index (κ2) is 8.23. The zero-order valence-corrected chi connectivity index (χ0v) is 17.9. The summed E-state index contributed by atoms with van der Waals surface area (Å²) in [6, 6.07) is 15.1. The SMILES string of the molecule is COc1ccc(/C(O)=C2/C(=O)C(=O)N(c3ccccc3O)C2c2ccccn2)cc1Br. The molecule has 2 N–H and O–H groups in total. The molecule has 0 aliphatic carbocycles. The van der Waals surface area contributed by atoms with Crippen molar-refractivity contribution in [3.63, 3.8) is 0 Å². The number of Topliss-reactive ketones (excluding diaryl/α,β-unsaturated/α-hetero) is 1. The number of aromatic nitrogens is 1. The number of phenolic OH excluding ortho intramolecular Hbond substituents is 1. The topological polar surface area (TPSA) is 100.0 Å². The summed E-state index contributed by atoms with van der Waals surface area (Å²) in [6.45, 7) is 0. The van der Waals surface area contributed by atoms with E-state index in [2.05, 4.69) is 20.9 Å². The molecule has 0 saturated carbocycles. The van der Waals surface area contributed by atoms with Crippen molar-refractivity contribution in [3.8, 4) is 11.5 Å². The monoisotopic (exact) mass is 480 g/mol. The van der Waals surface area contributed by atoms with Crippen LogP contribution in [0.4, 0.5) is 5.69 Å². The molecular weight excluding hydrogens is 464 g/mol. The second-order valence-corrected chi connectivity index (χ2v) is 7.62. The molecule has 0 spiro atoms. The van der Waals surface area contributed by atoms with Crippen LogP contribution >= 0.6 is 15.9 Å². The maximum absolute atomic E-state index is 13.1. The molecule has 4 rings (SSSR count). The number of hydrogen-bond acceptors (Lipinski definition) is 6. The molecule has 2 aromatic carbocycles. The maximum atomic E-state index is 13.1. The van der Waals surface area contributed by atoms with Crippen molar-refractivity contribution in [1.82, 2.24) is 4.98 Å². The number of carbonyl (C=O) groups excluding carboxylic acids is 2. The summed E-state index contributed by atoms with van der Waals surface area (Å²) in [7, 11) is 1.51. The van der Waals surface area contributed by atoms with Crippen LogP contribution in [-0.2, 0) is 9.59 Å². The number of rotatable bonds is 4. The first-order valence-electron chi connectivity index (χ1n) is 9.28. The van der Waals surface area contributed by atoms with Gasteiger partial charge in [-0.05, 0) is 58.4 Å². The molecule has 8 heteroatoms. The lowest BCUT2D eigenvalue weighted by Crippen LogP contribution is -2.29. The fraction of sp³-hybridized carbons (Fsp3) is 0.0870. The normalized spacial score (nSPS) is 17.7. The van der Waals surface area contributed by atoms with E-state index in [0.717, 1.165) is 4.90 Å². The van der Waals surface area contributed by atoms with Crippen molar-refractivity contribution < 1.29 is 24.5 Å². The highest BCUT2D eigenvalue weighted by molar-refractivity contribution is 9.10. The molecule has 1 saturated heterocycles. The Balaban J connectivity index is 1.95. The summed E-state index contributed by atoms with van der Waals surface area (Å²) in [4.78, 5) is 31.5. The lowest BCUT2D eigenvalue weighted by Gasteiger charge is -2.25. The Kier molecular flexibility index (Phi) is 5.48. The second-order valence-electron chi connectivity index (χ2n) is 6.76. The first kappa shape index (κ1) is 20.6. The molecule has 1 aliphatic rings. The van der Waals surface area contributed by atoms with Gasteiger partial charge in [-0.15, -0.1) is 0 Å². The number of ether oxygens (including phenoxy) is 1. The van der Waals surface area contributed by atoms with Gasteiger partial charge in [-0.2, -0.15) is 0 Å². The number of aliphatic hydroxyl groups excluding tert-OH is 1. The average Bonchev–Trinajstić information content (AvgIpc) is 3.04. The smallest absolute Gasteiger partial charge is 0.300 e. The van der Waals surface area contributed by atoms with Crippen molar-refractivity contribution in [1.29, 1.82) is 0 Å². The van der Waals surface area contributed by atoms with Gasteiger partial charge in [0.05, 0.1) is 28.5 Å². The molecule has 1 atom stereocenters. The van der Waals surface area contributed by atoms with Crippen LogP contribution in [0.5, 0.6) is 11.5 Å². The number of hydrogen-bond donors (Lipinski definition) is 2. The van der Waals surface area contributed by atoms with E-state index in [1.165, 1.54) is 25.4 Å². The van der Waals surface area contributed by atoms with Gasteiger partial charge in [0.25, 0.3) is 11.7 Å². The van der Waals surface area contributed by atoms with E-state index in [0.29, 0.717) is 21.5 Å². The van der Waals surface area contributed by atoms with Gasteiger partial charge in [-0.3, -0.25) is 19.5 Å². The molecule has 31 heavy (non-hydrogen) atoms. The minimum absolute atomic E-state index is 0.121. The number of aromatic hydroxyl groups is 1. The summed E-state index contributed by atoms with van der Waals surface area (Å²) < 4.78 is 5.78. The van der Waals surface area contributed by atoms with Crippen LogP contribution in [0, 0.1) is 0 Å². The molecule has 156 valence electrons. The van der Waals surface area contributed by atoms with Crippen LogP contribution in [0.2, 0.25) is 0 Å². The van der Waals surface area contributed by atoms with Gasteiger partial charge in [0.15, 0.2) is 0 Å². The number of halogens is 1. The fourth-order valence-corrected chi connectivity index (χ4v) is 4.08. The van der Waals surface area contributed by atoms with E-state index in [1.807, 2.05) is 0 Å². The predicted octanol–water partition coefficient (Wildman–Crippen LogP) is 4.18. The number of methoxy groups -OCH3 is 1. The van der Waals surface area contributed by atoms with Crippen LogP contribution in [0.1, 0.15) is 17.3 Å². The predicted molar refractivity (Wildman–Crippen MR) is 118 cm³/mol. The number of pyridine rings is 1. The lowest BCUT2D eigenvalue weighted by molar-refractivity contribution is -0.132. The Labute approximate surface area is 186 Å². The van der Waals surface area contributed by atoms with Gasteiger partial charge >= 0.3 is 0 Å². The Bertz CT molecular complexity index is 1210. The molecule has 1 aromatic heterocycles. The number of carbonyl (C=O) groups is 2. The number of benzene rings is 2. The third-order valence-corrected chi connectivity index (χ3v) is 5.60. The van der Waals surface area contributed by atoms with Gasteiger partial charge < -0.3 is 14.9 Å². The van der Waals surface area contributed by atoms with E-state index in [-0.39, 0.29) is 22.8 Å². The highest BCUT2D eigenvalue weighted by Crippen LogP contribution is 2.44. The summed E-state index contributed by atoms with van der Waals surface area (Å²) in [6.07, 6.45) is 1.53. The van der Waals surface area contributed by atoms with E-state index < -0.39 is 17.7 Å². The van der Waals surface area contributed by atoms with Crippen LogP contribution in [-0.4, -0.2) is 34.0 Å². The van der Waals surface area contributed by atoms with Gasteiger partial charge in [0.1, 0.15) is 23.3 Å². The van der Waals surface area contributed by atoms with Crippen molar-refractivity contribution in [2.24, 2.45) is 0 Å². The summed E-state index contributed by atoms with van der Waals surface area (Å²) in [5.74, 6) is -1.71. The zero-order valence-electron chi connectivity index (χ0n) is 16.3. The quantitative estimate of drug-likeness (QED) is 0.330. The molecule has 1 unspecified atom stereocenters. The molecule has 0 radical (unpaired) electrons. The third kappa shape index (κ3) is 3.55. The van der Waals surface area contributed by atoms with Gasteiger partial charge in [0.2, 0.25) is 0 Å². The largest absolute Gasteiger partial charge is 0.507 e. The van der Waals surface area contributed by atoms with Crippen molar-refractivity contribution in [2.75, 3.05) is 12.0 Å². The number of para-hydroxylation sites is 2. The van der Waals surface area contributed by atoms with Gasteiger partial charge in [0, 0.05) is 11.8 Å². The molecular formula is C23H17BrN2O5. The van der Waals surface area contributed by atoms with Crippen molar-refractivity contribution >= 4 is 39.1 Å². The molecule has 2 heterocycles. The highest BCUT2D eigenvalue weighted by Gasteiger charge is 2.48. The zero-order chi connectivity index (χ0) is 22.1. The van der Waals surface area contributed by atoms with Crippen LogP contribution in [0.25, 0.3) is 5.76 Å². The van der Waals surface area contributed by atoms with Crippen molar-refractivity contribution in [2.45, 2.75) is 6.04 Å². The number of ketones is 1. The summed E-state index contributed by atoms with van der Waals surface area (Å²) >= 11 is 3.36. The number of anilines is 1. The standard InChI is InChI=1S/C23H17BrN2O5/c1-31-18-10-9-13(12-14(18)24)21(28)19-20(15-6-4-5-11-25-15)26(23(30)22(19)29)16-7-2-3-8-17(16)27/h2-12,20,27-28H,1H3/b21-19-. The number of nitrogens with zero attached hydrogens (tertiary/aromatic N) is 2. The van der Waals surface area contributed by atoms with Gasteiger partial charge in [-0.25, -0.2) is 0 Å². The molecule has 1 fully saturated rings. The average molecular weight is 481 g/mol. The number of amides is 1. The Hall–Kier alpha value is -3.65. The van der Waals surface area contributed by atoms with Gasteiger partial charge in [-0.1, -0.05) is 18.2 Å². The minimum Gasteiger partial charge on any atom is -0.507 e. The number of aliphatic hydroxyl groups is 1. The van der Waals surface area contributed by atoms with Crippen molar-refractivity contribution in [3.05, 3.63) is 88.2 Å². The van der Waals surface area contributed by atoms with E-state index in [1.54, 1.807) is 48.5 Å². The molecule has 3 aromatic rings. The van der Waals surface area contributed by atoms with Crippen LogP contribution < -0.4 is 9.64 Å². The minimum atomic E-state index is -1.02. The first-order valence-corrected chi connectivity index (χ1v) is 10.1. The van der Waals surface area contributed by atoms with E-state index in [9.17, 15) is 19.8 Å². The Morgan fingerprint density at radius 3 is 2.48 bits per heavy atom. The Morgan fingerprint density at radius 2 is 1.84 bits per heavy atom. The number of phenols is 1. The molecule has 1 aliphatic heterocycles. The summed E-state index contributed by atoms with van der Waals surface area (Å²) in [5, 5.41) is 21.4. The lowest BCUT2D eigenvalue weighted by atomic mass is 9.98. The van der Waals surface area contributed by atoms with E-state index >= 15 is 0 Å². The maximum Gasteiger partial charge on any atom is 0.300 e. The third-order valence-electron chi connectivity index (χ3n) is 4.98. The Morgan fingerprint density at radius 1 is 1.10 bits per heavy atom. The highest BCUT2D eigenvalue weighted by atomic mass is 79.9. The fourth-order valence-electron chi connectivity index (χ4n) is 3.54. The summed E-state index contributed by atoms with van der Waals surface area (Å²) in [5.41, 5.74) is 0.724. The first-order chi connectivity index (χ1) is 14.9. The van der Waals surface area contributed by atoms with Crippen LogP contribution in [0.15, 0.2) is 76.9 Å². The molecule has 7 nitrogen and oxygen atoms in total. The van der Waals surface area contributed by atoms with Crippen LogP contribution in [0.3, 0.4) is 0 Å². The van der Waals surface area contributed by atoms with E-state index in [4.69, 9.17) is 4.74 Å². The molecule has 0 bridgehead atoms.